The smallest absolute Gasteiger partial charge is 0.229 e. The molecule has 1 radical (unpaired) electrons. The molecule has 0 unspecified atom stereocenters. The van der Waals surface area contributed by atoms with Crippen LogP contribution in [0.25, 0.3) is 0 Å². The zero-order valence-electron chi connectivity index (χ0n) is 14.9. The van der Waals surface area contributed by atoms with Gasteiger partial charge in [-0.15, -0.1) is 0 Å². The van der Waals surface area contributed by atoms with E-state index in [1.54, 1.807) is 39.1 Å². The number of ether oxygens (including phenoxy) is 1. The van der Waals surface area contributed by atoms with Crippen LogP contribution < -0.4 is 4.74 Å². The van der Waals surface area contributed by atoms with Crippen molar-refractivity contribution in [2.75, 3.05) is 0 Å². The molecule has 0 N–H and O–H groups in total. The number of aromatic nitrogens is 2. The average molecular weight is 388 g/mol. The van der Waals surface area contributed by atoms with Gasteiger partial charge in [0.2, 0.25) is 11.7 Å². The summed E-state index contributed by atoms with van der Waals surface area (Å²) in [6.07, 6.45) is 0. The highest BCUT2D eigenvalue weighted by atomic mass is 35.5. The van der Waals surface area contributed by atoms with E-state index in [0.29, 0.717) is 44.1 Å². The van der Waals surface area contributed by atoms with E-state index < -0.39 is 0 Å². The molecule has 0 aliphatic carbocycles. The van der Waals surface area contributed by atoms with Crippen LogP contribution in [0.5, 0.6) is 11.6 Å². The number of benzene rings is 2. The number of aryl methyl sites for hydroxylation is 3. The minimum atomic E-state index is -0.261. The second kappa shape index (κ2) is 7.14. The van der Waals surface area contributed by atoms with E-state index in [9.17, 15) is 4.79 Å². The SMILES string of the molecule is Cc1cc[c]c(Oc2c(C(=O)c3ccc(Cl)c(C)c3Cl)c(C)nn2C)c1. The van der Waals surface area contributed by atoms with Crippen molar-refractivity contribution in [3.05, 3.63) is 74.4 Å². The Labute approximate surface area is 162 Å². The largest absolute Gasteiger partial charge is 0.438 e. The number of hydrogen-bond donors (Lipinski definition) is 0. The summed E-state index contributed by atoms with van der Waals surface area (Å²) in [5, 5.41) is 5.18. The highest BCUT2D eigenvalue weighted by molar-refractivity contribution is 6.38. The molecule has 1 aromatic heterocycles. The minimum Gasteiger partial charge on any atom is -0.438 e. The van der Waals surface area contributed by atoms with Gasteiger partial charge in [0, 0.05) is 23.7 Å². The van der Waals surface area contributed by atoms with Gasteiger partial charge in [0.1, 0.15) is 11.3 Å². The van der Waals surface area contributed by atoms with Crippen LogP contribution in [-0.2, 0) is 7.05 Å². The maximum absolute atomic E-state index is 13.2. The highest BCUT2D eigenvalue weighted by Gasteiger charge is 2.26. The Bertz CT molecular complexity index is 1010. The first kappa shape index (κ1) is 18.5. The summed E-state index contributed by atoms with van der Waals surface area (Å²) in [6, 6.07) is 11.8. The highest BCUT2D eigenvalue weighted by Crippen LogP contribution is 2.33. The van der Waals surface area contributed by atoms with Gasteiger partial charge in [0.15, 0.2) is 0 Å². The molecule has 6 heteroatoms. The van der Waals surface area contributed by atoms with Gasteiger partial charge in [-0.25, -0.2) is 4.68 Å². The number of nitrogens with zero attached hydrogens (tertiary/aromatic N) is 2. The van der Waals surface area contributed by atoms with Gasteiger partial charge in [-0.1, -0.05) is 35.3 Å². The maximum Gasteiger partial charge on any atom is 0.229 e. The summed E-state index contributed by atoms with van der Waals surface area (Å²) >= 11 is 12.4. The zero-order chi connectivity index (χ0) is 19.0. The first-order chi connectivity index (χ1) is 12.3. The molecular formula is C20H17Cl2N2O2. The molecule has 133 valence electrons. The minimum absolute atomic E-state index is 0.261. The van der Waals surface area contributed by atoms with Crippen molar-refractivity contribution in [2.45, 2.75) is 20.8 Å². The Balaban J connectivity index is 2.08. The number of carbonyl (C=O) groups is 1. The van der Waals surface area contributed by atoms with Crippen LogP contribution in [0.4, 0.5) is 0 Å². The van der Waals surface area contributed by atoms with Crippen LogP contribution in [0.15, 0.2) is 30.3 Å². The van der Waals surface area contributed by atoms with Gasteiger partial charge in [0.05, 0.1) is 10.7 Å². The molecule has 0 spiro atoms. The van der Waals surface area contributed by atoms with Crippen LogP contribution in [0, 0.1) is 26.8 Å². The fraction of sp³-hybridized carbons (Fsp3) is 0.200. The van der Waals surface area contributed by atoms with Crippen LogP contribution >= 0.6 is 23.2 Å². The first-order valence-electron chi connectivity index (χ1n) is 7.98. The Morgan fingerprint density at radius 1 is 1.19 bits per heavy atom. The lowest BCUT2D eigenvalue weighted by Gasteiger charge is -2.11. The van der Waals surface area contributed by atoms with Crippen LogP contribution in [-0.4, -0.2) is 15.6 Å². The molecule has 4 nitrogen and oxygen atoms in total. The predicted molar refractivity (Wildman–Crippen MR) is 103 cm³/mol. The summed E-state index contributed by atoms with van der Waals surface area (Å²) in [5.74, 6) is 0.599. The van der Waals surface area contributed by atoms with E-state index in [1.807, 2.05) is 19.1 Å². The summed E-state index contributed by atoms with van der Waals surface area (Å²) in [7, 11) is 1.73. The molecule has 1 heterocycles. The summed E-state index contributed by atoms with van der Waals surface area (Å²) in [5.41, 5.74) is 2.98. The van der Waals surface area contributed by atoms with Crippen LogP contribution in [0.2, 0.25) is 10.0 Å². The number of rotatable bonds is 4. The molecular weight excluding hydrogens is 371 g/mol. The molecule has 2 aromatic carbocycles. The Morgan fingerprint density at radius 3 is 2.62 bits per heavy atom. The fourth-order valence-corrected chi connectivity index (χ4v) is 3.16. The van der Waals surface area contributed by atoms with Crippen LogP contribution in [0.1, 0.15) is 32.7 Å². The Kier molecular flexibility index (Phi) is 5.08. The average Bonchev–Trinajstić information content (AvgIpc) is 2.86. The number of halogens is 2. The second-order valence-electron chi connectivity index (χ2n) is 6.08. The van der Waals surface area contributed by atoms with E-state index in [2.05, 4.69) is 11.2 Å². The van der Waals surface area contributed by atoms with Crippen molar-refractivity contribution in [1.29, 1.82) is 0 Å². The molecule has 3 aromatic rings. The third kappa shape index (κ3) is 3.35. The van der Waals surface area contributed by atoms with Crippen molar-refractivity contribution in [3.63, 3.8) is 0 Å². The molecule has 0 saturated heterocycles. The second-order valence-corrected chi connectivity index (χ2v) is 6.87. The lowest BCUT2D eigenvalue weighted by Crippen LogP contribution is -2.06. The molecule has 0 saturated carbocycles. The van der Waals surface area contributed by atoms with Gasteiger partial charge < -0.3 is 4.74 Å². The van der Waals surface area contributed by atoms with Gasteiger partial charge >= 0.3 is 0 Å². The van der Waals surface area contributed by atoms with Crippen molar-refractivity contribution >= 4 is 29.0 Å². The zero-order valence-corrected chi connectivity index (χ0v) is 16.4. The third-order valence-electron chi connectivity index (χ3n) is 4.10. The van der Waals surface area contributed by atoms with Gasteiger partial charge in [0.25, 0.3) is 0 Å². The molecule has 3 rings (SSSR count). The Morgan fingerprint density at radius 2 is 1.92 bits per heavy atom. The predicted octanol–water partition coefficient (Wildman–Crippen LogP) is 5.48. The van der Waals surface area contributed by atoms with Crippen molar-refractivity contribution in [1.82, 2.24) is 9.78 Å². The molecule has 26 heavy (non-hydrogen) atoms. The summed E-state index contributed by atoms with van der Waals surface area (Å²) < 4.78 is 7.47. The van der Waals surface area contributed by atoms with Gasteiger partial charge in [-0.05, 0) is 50.1 Å². The molecule has 0 amide bonds. The van der Waals surface area contributed by atoms with E-state index in [0.717, 1.165) is 5.56 Å². The van der Waals surface area contributed by atoms with Gasteiger partial charge in [-0.2, -0.15) is 5.10 Å². The molecule has 0 aliphatic heterocycles. The standard InChI is InChI=1S/C20H17Cl2N2O2/c1-11-6-5-7-14(10-11)26-20-17(13(3)23-24(20)4)19(25)15-8-9-16(21)12(2)18(15)22/h5-6,8-10H,1-4H3. The number of hydrogen-bond acceptors (Lipinski definition) is 3. The lowest BCUT2D eigenvalue weighted by atomic mass is 10.0. The quantitative estimate of drug-likeness (QED) is 0.557. The lowest BCUT2D eigenvalue weighted by molar-refractivity contribution is 0.103. The van der Waals surface area contributed by atoms with E-state index >= 15 is 0 Å². The van der Waals surface area contributed by atoms with E-state index in [1.165, 1.54) is 4.68 Å². The molecule has 0 fully saturated rings. The van der Waals surface area contributed by atoms with Gasteiger partial charge in [-0.3, -0.25) is 4.79 Å². The number of carbonyl (C=O) groups excluding carboxylic acids is 1. The normalized spacial score (nSPS) is 10.8. The summed E-state index contributed by atoms with van der Waals surface area (Å²) in [4.78, 5) is 13.2. The van der Waals surface area contributed by atoms with Crippen LogP contribution in [0.3, 0.4) is 0 Å². The molecule has 0 aliphatic rings. The van der Waals surface area contributed by atoms with E-state index in [4.69, 9.17) is 27.9 Å². The first-order valence-corrected chi connectivity index (χ1v) is 8.74. The number of ketones is 1. The maximum atomic E-state index is 13.2. The Hall–Kier alpha value is -2.30. The van der Waals surface area contributed by atoms with Crippen molar-refractivity contribution in [3.8, 4) is 11.6 Å². The monoisotopic (exact) mass is 387 g/mol. The summed E-state index contributed by atoms with van der Waals surface area (Å²) in [6.45, 7) is 5.49. The fourth-order valence-electron chi connectivity index (χ4n) is 2.70. The third-order valence-corrected chi connectivity index (χ3v) is 5.00. The molecule has 0 bridgehead atoms. The molecule has 0 atom stereocenters. The van der Waals surface area contributed by atoms with E-state index in [-0.39, 0.29) is 5.78 Å². The van der Waals surface area contributed by atoms with Crippen molar-refractivity contribution < 1.29 is 9.53 Å². The van der Waals surface area contributed by atoms with Crippen molar-refractivity contribution in [2.24, 2.45) is 7.05 Å². The topological polar surface area (TPSA) is 44.1 Å².